The lowest BCUT2D eigenvalue weighted by atomic mass is 10.1. The van der Waals surface area contributed by atoms with E-state index in [1.165, 1.54) is 18.4 Å². The topological polar surface area (TPSA) is 49.8 Å². The average molecular weight is 262 g/mol. The molecule has 2 rings (SSSR count). The summed E-state index contributed by atoms with van der Waals surface area (Å²) in [5.74, 6) is 2.88. The van der Waals surface area contributed by atoms with Crippen LogP contribution in [0.25, 0.3) is 0 Å². The van der Waals surface area contributed by atoms with Gasteiger partial charge in [0.15, 0.2) is 0 Å². The Kier molecular flexibility index (Phi) is 5.00. The van der Waals surface area contributed by atoms with Crippen molar-refractivity contribution in [3.63, 3.8) is 0 Å². The van der Waals surface area contributed by atoms with Crippen molar-refractivity contribution in [2.75, 3.05) is 17.2 Å². The normalized spacial score (nSPS) is 21.2. The quantitative estimate of drug-likeness (QED) is 0.753. The largest absolute Gasteiger partial charge is 0.370 e. The van der Waals surface area contributed by atoms with Crippen LogP contribution < -0.4 is 10.6 Å². The molecule has 1 aromatic heterocycles. The monoisotopic (exact) mass is 262 g/mol. The molecule has 2 N–H and O–H groups in total. The van der Waals surface area contributed by atoms with Gasteiger partial charge in [0.1, 0.15) is 18.0 Å². The second-order valence-corrected chi connectivity index (χ2v) is 5.38. The maximum atomic E-state index is 4.45. The first-order valence-corrected chi connectivity index (χ1v) is 7.64. The van der Waals surface area contributed by atoms with E-state index in [2.05, 4.69) is 41.4 Å². The Balaban J connectivity index is 2.11. The molecule has 1 heterocycles. The van der Waals surface area contributed by atoms with Gasteiger partial charge >= 0.3 is 0 Å². The van der Waals surface area contributed by atoms with Crippen LogP contribution in [0.3, 0.4) is 0 Å². The Bertz CT molecular complexity index is 405. The van der Waals surface area contributed by atoms with Gasteiger partial charge in [0, 0.05) is 18.2 Å². The minimum absolute atomic E-state index is 0.620. The second-order valence-electron chi connectivity index (χ2n) is 5.38. The molecule has 4 nitrogen and oxygen atoms in total. The van der Waals surface area contributed by atoms with Gasteiger partial charge in [-0.15, -0.1) is 0 Å². The molecule has 0 spiro atoms. The van der Waals surface area contributed by atoms with E-state index in [1.54, 1.807) is 6.33 Å². The van der Waals surface area contributed by atoms with Crippen LogP contribution in [0.1, 0.15) is 52.0 Å². The Morgan fingerprint density at radius 2 is 1.95 bits per heavy atom. The van der Waals surface area contributed by atoms with Crippen molar-refractivity contribution in [1.29, 1.82) is 0 Å². The highest BCUT2D eigenvalue weighted by atomic mass is 15.1. The first kappa shape index (κ1) is 14.1. The van der Waals surface area contributed by atoms with Crippen molar-refractivity contribution in [3.8, 4) is 0 Å². The fraction of sp³-hybridized carbons (Fsp3) is 0.733. The summed E-state index contributed by atoms with van der Waals surface area (Å²) >= 11 is 0. The predicted molar refractivity (Wildman–Crippen MR) is 80.6 cm³/mol. The highest BCUT2D eigenvalue weighted by Crippen LogP contribution is 2.37. The molecule has 1 aliphatic carbocycles. The average Bonchev–Trinajstić information content (AvgIpc) is 3.17. The summed E-state index contributed by atoms with van der Waals surface area (Å²) in [7, 11) is 0. The molecule has 2 atom stereocenters. The van der Waals surface area contributed by atoms with E-state index in [0.29, 0.717) is 6.04 Å². The fourth-order valence-corrected chi connectivity index (χ4v) is 2.47. The number of aromatic nitrogens is 2. The molecule has 0 bridgehead atoms. The Morgan fingerprint density at radius 3 is 2.58 bits per heavy atom. The van der Waals surface area contributed by atoms with Gasteiger partial charge in [-0.05, 0) is 25.2 Å². The summed E-state index contributed by atoms with van der Waals surface area (Å²) in [6.07, 6.45) is 7.46. The van der Waals surface area contributed by atoms with Crippen LogP contribution in [0.15, 0.2) is 6.33 Å². The number of anilines is 2. The van der Waals surface area contributed by atoms with Gasteiger partial charge in [0.05, 0.1) is 0 Å². The van der Waals surface area contributed by atoms with Crippen molar-refractivity contribution in [2.24, 2.45) is 5.92 Å². The zero-order chi connectivity index (χ0) is 13.7. The van der Waals surface area contributed by atoms with Gasteiger partial charge < -0.3 is 10.6 Å². The molecular weight excluding hydrogens is 236 g/mol. The SMILES string of the molecule is CCCNc1ncnc(NC2CC2CC)c1CCC. The fourth-order valence-electron chi connectivity index (χ4n) is 2.47. The van der Waals surface area contributed by atoms with Gasteiger partial charge in [-0.3, -0.25) is 0 Å². The predicted octanol–water partition coefficient (Wildman–Crippen LogP) is 3.46. The Hall–Kier alpha value is -1.32. The minimum Gasteiger partial charge on any atom is -0.370 e. The first-order chi connectivity index (χ1) is 9.30. The van der Waals surface area contributed by atoms with E-state index < -0.39 is 0 Å². The van der Waals surface area contributed by atoms with E-state index >= 15 is 0 Å². The van der Waals surface area contributed by atoms with Crippen LogP contribution in [0.2, 0.25) is 0 Å². The summed E-state index contributed by atoms with van der Waals surface area (Å²) in [6, 6.07) is 0.620. The molecule has 2 unspecified atom stereocenters. The van der Waals surface area contributed by atoms with Crippen LogP contribution in [0.4, 0.5) is 11.6 Å². The lowest BCUT2D eigenvalue weighted by Crippen LogP contribution is -2.13. The molecule has 0 aliphatic heterocycles. The Labute approximate surface area is 116 Å². The molecular formula is C15H26N4. The van der Waals surface area contributed by atoms with Crippen molar-refractivity contribution >= 4 is 11.6 Å². The third-order valence-electron chi connectivity index (χ3n) is 3.76. The second kappa shape index (κ2) is 6.73. The van der Waals surface area contributed by atoms with E-state index in [9.17, 15) is 0 Å². The highest BCUT2D eigenvalue weighted by Gasteiger charge is 2.35. The maximum absolute atomic E-state index is 4.45. The smallest absolute Gasteiger partial charge is 0.134 e. The van der Waals surface area contributed by atoms with E-state index in [-0.39, 0.29) is 0 Å². The van der Waals surface area contributed by atoms with Gasteiger partial charge in [0.2, 0.25) is 0 Å². The zero-order valence-corrected chi connectivity index (χ0v) is 12.4. The third-order valence-corrected chi connectivity index (χ3v) is 3.76. The Morgan fingerprint density at radius 1 is 1.16 bits per heavy atom. The number of hydrogen-bond donors (Lipinski definition) is 2. The van der Waals surface area contributed by atoms with Gasteiger partial charge in [-0.25, -0.2) is 9.97 Å². The lowest BCUT2D eigenvalue weighted by Gasteiger charge is -2.14. The summed E-state index contributed by atoms with van der Waals surface area (Å²) < 4.78 is 0. The third kappa shape index (κ3) is 3.58. The molecule has 1 aliphatic rings. The minimum atomic E-state index is 0.620. The van der Waals surface area contributed by atoms with Gasteiger partial charge in [-0.2, -0.15) is 0 Å². The number of nitrogens with one attached hydrogen (secondary N) is 2. The van der Waals surface area contributed by atoms with Crippen LogP contribution in [-0.2, 0) is 6.42 Å². The van der Waals surface area contributed by atoms with Crippen molar-refractivity contribution in [1.82, 2.24) is 9.97 Å². The van der Waals surface area contributed by atoms with E-state index in [4.69, 9.17) is 0 Å². The van der Waals surface area contributed by atoms with Crippen LogP contribution in [-0.4, -0.2) is 22.6 Å². The highest BCUT2D eigenvalue weighted by molar-refractivity contribution is 5.58. The molecule has 0 saturated heterocycles. The van der Waals surface area contributed by atoms with Crippen molar-refractivity contribution in [3.05, 3.63) is 11.9 Å². The molecule has 1 saturated carbocycles. The summed E-state index contributed by atoms with van der Waals surface area (Å²) in [5.41, 5.74) is 1.25. The standard InChI is InChI=1S/C15H26N4/c1-4-7-12-14(16-8-5-2)17-10-18-15(12)19-13-9-11(13)6-3/h10-11,13H,4-9H2,1-3H3,(H2,16,17,18,19). The van der Waals surface area contributed by atoms with E-state index in [1.807, 2.05) is 0 Å². The van der Waals surface area contributed by atoms with E-state index in [0.717, 1.165) is 43.4 Å². The molecule has 1 fully saturated rings. The van der Waals surface area contributed by atoms with Crippen LogP contribution in [0, 0.1) is 5.92 Å². The molecule has 0 amide bonds. The number of nitrogens with zero attached hydrogens (tertiary/aromatic N) is 2. The molecule has 106 valence electrons. The summed E-state index contributed by atoms with van der Waals surface area (Å²) in [4.78, 5) is 8.85. The first-order valence-electron chi connectivity index (χ1n) is 7.64. The number of hydrogen-bond acceptors (Lipinski definition) is 4. The molecule has 1 aromatic rings. The zero-order valence-electron chi connectivity index (χ0n) is 12.4. The molecule has 0 aromatic carbocycles. The molecule has 4 heteroatoms. The molecule has 0 radical (unpaired) electrons. The van der Waals surface area contributed by atoms with Gasteiger partial charge in [0.25, 0.3) is 0 Å². The van der Waals surface area contributed by atoms with Crippen molar-refractivity contribution < 1.29 is 0 Å². The maximum Gasteiger partial charge on any atom is 0.134 e. The molecule has 19 heavy (non-hydrogen) atoms. The number of rotatable bonds is 8. The van der Waals surface area contributed by atoms with Crippen LogP contribution >= 0.6 is 0 Å². The van der Waals surface area contributed by atoms with Crippen molar-refractivity contribution in [2.45, 2.75) is 58.9 Å². The summed E-state index contributed by atoms with van der Waals surface area (Å²) in [5, 5.41) is 7.01. The van der Waals surface area contributed by atoms with Crippen LogP contribution in [0.5, 0.6) is 0 Å². The van der Waals surface area contributed by atoms with Gasteiger partial charge in [-0.1, -0.05) is 33.6 Å². The summed E-state index contributed by atoms with van der Waals surface area (Å²) in [6.45, 7) is 7.59. The lowest BCUT2D eigenvalue weighted by molar-refractivity contribution is 0.771.